The molecule has 1 aliphatic rings. The normalized spacial score (nSPS) is 15.1. The first-order valence-electron chi connectivity index (χ1n) is 8.22. The number of amides is 2. The molecule has 0 heterocycles. The molecule has 3 rings (SSSR count). The molecule has 27 heavy (non-hydrogen) atoms. The third kappa shape index (κ3) is 4.27. The second-order valence-corrected chi connectivity index (χ2v) is 6.42. The highest BCUT2D eigenvalue weighted by atomic mass is 19.4. The summed E-state index contributed by atoms with van der Waals surface area (Å²) in [7, 11) is 0. The summed E-state index contributed by atoms with van der Waals surface area (Å²) < 4.78 is 51.2. The van der Waals surface area contributed by atoms with E-state index in [0.717, 1.165) is 12.1 Å². The van der Waals surface area contributed by atoms with Gasteiger partial charge in [0.1, 0.15) is 11.2 Å². The van der Waals surface area contributed by atoms with E-state index in [1.807, 2.05) is 0 Å². The summed E-state index contributed by atoms with van der Waals surface area (Å²) >= 11 is 0. The van der Waals surface area contributed by atoms with E-state index >= 15 is 0 Å². The molecule has 0 spiro atoms. The first kappa shape index (κ1) is 18.9. The van der Waals surface area contributed by atoms with Crippen LogP contribution in [0.5, 0.6) is 0 Å². The lowest BCUT2D eigenvalue weighted by Gasteiger charge is -2.16. The molecule has 0 aliphatic heterocycles. The zero-order valence-corrected chi connectivity index (χ0v) is 14.1. The van der Waals surface area contributed by atoms with Crippen LogP contribution in [-0.2, 0) is 22.3 Å². The van der Waals surface area contributed by atoms with Crippen LogP contribution in [0.1, 0.15) is 24.0 Å². The van der Waals surface area contributed by atoms with E-state index in [9.17, 15) is 27.2 Å². The van der Waals surface area contributed by atoms with Crippen molar-refractivity contribution in [1.82, 2.24) is 5.32 Å². The van der Waals surface area contributed by atoms with Crippen molar-refractivity contribution in [2.75, 3.05) is 5.32 Å². The van der Waals surface area contributed by atoms with Gasteiger partial charge in [-0.25, -0.2) is 4.39 Å². The number of carbonyl (C=O) groups excluding carboxylic acids is 2. The van der Waals surface area contributed by atoms with Crippen molar-refractivity contribution in [2.45, 2.75) is 25.6 Å². The number of hydrogen-bond acceptors (Lipinski definition) is 2. The molecular formula is C19H16F4N2O2. The van der Waals surface area contributed by atoms with Gasteiger partial charge in [0.2, 0.25) is 11.8 Å². The molecule has 8 heteroatoms. The average Bonchev–Trinajstić information content (AvgIpc) is 3.42. The molecule has 0 bridgehead atoms. The van der Waals surface area contributed by atoms with Crippen LogP contribution >= 0.6 is 0 Å². The zero-order chi connectivity index (χ0) is 19.7. The summed E-state index contributed by atoms with van der Waals surface area (Å²) in [6.45, 7) is 0.123. The van der Waals surface area contributed by atoms with Gasteiger partial charge < -0.3 is 10.6 Å². The second kappa shape index (κ2) is 7.02. The van der Waals surface area contributed by atoms with Gasteiger partial charge in [0.15, 0.2) is 0 Å². The van der Waals surface area contributed by atoms with E-state index in [1.165, 1.54) is 36.4 Å². The van der Waals surface area contributed by atoms with Crippen LogP contribution in [0.2, 0.25) is 0 Å². The van der Waals surface area contributed by atoms with Gasteiger partial charge in [0.05, 0.1) is 5.56 Å². The standard InChI is InChI=1S/C19H16F4N2O2/c20-14-6-4-12(5-7-14)11-24-16(26)18(8-9-18)17(27)25-15-3-1-2-13(10-15)19(21,22)23/h1-7,10H,8-9,11H2,(H,24,26)(H,25,27). The molecule has 0 unspecified atom stereocenters. The van der Waals surface area contributed by atoms with Gasteiger partial charge in [-0.05, 0) is 48.7 Å². The predicted molar refractivity (Wildman–Crippen MR) is 90.0 cm³/mol. The van der Waals surface area contributed by atoms with Crippen LogP contribution in [0.4, 0.5) is 23.2 Å². The monoisotopic (exact) mass is 380 g/mol. The Bertz CT molecular complexity index is 859. The largest absolute Gasteiger partial charge is 0.416 e. The Morgan fingerprint density at radius 2 is 1.67 bits per heavy atom. The van der Waals surface area contributed by atoms with Crippen LogP contribution in [0.15, 0.2) is 48.5 Å². The number of halogens is 4. The molecule has 1 aliphatic carbocycles. The smallest absolute Gasteiger partial charge is 0.351 e. The molecule has 2 aromatic carbocycles. The summed E-state index contributed by atoms with van der Waals surface area (Å²) in [5, 5.41) is 5.02. The third-order valence-corrected chi connectivity index (χ3v) is 4.43. The topological polar surface area (TPSA) is 58.2 Å². The molecule has 0 saturated heterocycles. The lowest BCUT2D eigenvalue weighted by Crippen LogP contribution is -2.39. The zero-order valence-electron chi connectivity index (χ0n) is 14.1. The number of anilines is 1. The number of alkyl halides is 3. The van der Waals surface area contributed by atoms with Gasteiger partial charge in [-0.3, -0.25) is 9.59 Å². The Balaban J connectivity index is 1.64. The molecule has 2 aromatic rings. The predicted octanol–water partition coefficient (Wildman–Crippen LogP) is 3.88. The van der Waals surface area contributed by atoms with Crippen molar-refractivity contribution in [2.24, 2.45) is 5.41 Å². The summed E-state index contributed by atoms with van der Waals surface area (Å²) in [6, 6.07) is 9.79. The first-order chi connectivity index (χ1) is 12.7. The lowest BCUT2D eigenvalue weighted by atomic mass is 10.0. The minimum atomic E-state index is -4.52. The van der Waals surface area contributed by atoms with Gasteiger partial charge >= 0.3 is 6.18 Å². The van der Waals surface area contributed by atoms with Crippen molar-refractivity contribution in [3.63, 3.8) is 0 Å². The molecule has 0 radical (unpaired) electrons. The average molecular weight is 380 g/mol. The van der Waals surface area contributed by atoms with Gasteiger partial charge in [-0.1, -0.05) is 18.2 Å². The van der Waals surface area contributed by atoms with E-state index in [4.69, 9.17) is 0 Å². The Kier molecular flexibility index (Phi) is 4.91. The van der Waals surface area contributed by atoms with Crippen molar-refractivity contribution < 1.29 is 27.2 Å². The number of rotatable bonds is 5. The highest BCUT2D eigenvalue weighted by molar-refractivity contribution is 6.13. The fourth-order valence-corrected chi connectivity index (χ4v) is 2.66. The van der Waals surface area contributed by atoms with Crippen LogP contribution in [0.3, 0.4) is 0 Å². The lowest BCUT2D eigenvalue weighted by molar-refractivity contribution is -0.138. The van der Waals surface area contributed by atoms with E-state index in [1.54, 1.807) is 0 Å². The summed E-state index contributed by atoms with van der Waals surface area (Å²) in [5.41, 5.74) is -1.52. The molecule has 1 saturated carbocycles. The maximum atomic E-state index is 12.9. The highest BCUT2D eigenvalue weighted by Crippen LogP contribution is 2.47. The van der Waals surface area contributed by atoms with Crippen molar-refractivity contribution >= 4 is 17.5 Å². The summed E-state index contributed by atoms with van der Waals surface area (Å²) in [6.07, 6.45) is -3.90. The minimum absolute atomic E-state index is 0.0209. The van der Waals surface area contributed by atoms with Gasteiger partial charge in [0.25, 0.3) is 0 Å². The number of hydrogen-bond donors (Lipinski definition) is 2. The van der Waals surface area contributed by atoms with Gasteiger partial charge in [0, 0.05) is 12.2 Å². The fraction of sp³-hybridized carbons (Fsp3) is 0.263. The Hall–Kier alpha value is -2.90. The summed E-state index contributed by atoms with van der Waals surface area (Å²) in [4.78, 5) is 24.9. The number of carbonyl (C=O) groups is 2. The van der Waals surface area contributed by atoms with Crippen molar-refractivity contribution in [3.05, 3.63) is 65.5 Å². The van der Waals surface area contributed by atoms with E-state index in [-0.39, 0.29) is 12.2 Å². The highest BCUT2D eigenvalue weighted by Gasteiger charge is 2.56. The first-order valence-corrected chi connectivity index (χ1v) is 8.22. The summed E-state index contributed by atoms with van der Waals surface area (Å²) in [5.74, 6) is -1.54. The third-order valence-electron chi connectivity index (χ3n) is 4.43. The SMILES string of the molecule is O=C(NCc1ccc(F)cc1)C1(C(=O)Nc2cccc(C(F)(F)F)c2)CC1. The van der Waals surface area contributed by atoms with E-state index in [0.29, 0.717) is 18.4 Å². The molecule has 0 atom stereocenters. The second-order valence-electron chi connectivity index (χ2n) is 6.42. The molecular weight excluding hydrogens is 364 g/mol. The van der Waals surface area contributed by atoms with E-state index < -0.39 is 34.8 Å². The Morgan fingerprint density at radius 1 is 1.00 bits per heavy atom. The molecule has 142 valence electrons. The maximum Gasteiger partial charge on any atom is 0.416 e. The van der Waals surface area contributed by atoms with Crippen molar-refractivity contribution in [1.29, 1.82) is 0 Å². The number of nitrogens with one attached hydrogen (secondary N) is 2. The van der Waals surface area contributed by atoms with Crippen LogP contribution in [-0.4, -0.2) is 11.8 Å². The quantitative estimate of drug-likeness (QED) is 0.611. The van der Waals surface area contributed by atoms with E-state index in [2.05, 4.69) is 10.6 Å². The number of benzene rings is 2. The van der Waals surface area contributed by atoms with Crippen LogP contribution < -0.4 is 10.6 Å². The van der Waals surface area contributed by atoms with Gasteiger partial charge in [-0.2, -0.15) is 13.2 Å². The molecule has 1 fully saturated rings. The fourth-order valence-electron chi connectivity index (χ4n) is 2.66. The maximum absolute atomic E-state index is 12.9. The van der Waals surface area contributed by atoms with Crippen molar-refractivity contribution in [3.8, 4) is 0 Å². The molecule has 2 amide bonds. The molecule has 0 aromatic heterocycles. The minimum Gasteiger partial charge on any atom is -0.351 e. The van der Waals surface area contributed by atoms with Gasteiger partial charge in [-0.15, -0.1) is 0 Å². The van der Waals surface area contributed by atoms with Crippen LogP contribution in [0.25, 0.3) is 0 Å². The van der Waals surface area contributed by atoms with Crippen LogP contribution in [0, 0.1) is 11.2 Å². The Labute approximate surface area is 152 Å². The molecule has 4 nitrogen and oxygen atoms in total. The molecule has 2 N–H and O–H groups in total. The Morgan fingerprint density at radius 3 is 2.26 bits per heavy atom.